The molecule has 3 rings (SSSR count). The van der Waals surface area contributed by atoms with E-state index in [0.717, 1.165) is 69.4 Å². The molecule has 0 radical (unpaired) electrons. The average molecular weight is 393 g/mol. The third-order valence-corrected chi connectivity index (χ3v) is 5.69. The first kappa shape index (κ1) is 21.0. The Morgan fingerprint density at radius 2 is 2.14 bits per heavy atom. The Balaban J connectivity index is 1.54. The number of hydrogen-bond acceptors (Lipinski definition) is 5. The van der Waals surface area contributed by atoms with Crippen molar-refractivity contribution in [3.05, 3.63) is 11.6 Å². The maximum absolute atomic E-state index is 6.30. The topological polar surface area (TPSA) is 85.6 Å². The van der Waals surface area contributed by atoms with E-state index in [-0.39, 0.29) is 11.6 Å². The number of fused-ring (bicyclic) bond motifs is 1. The Morgan fingerprint density at radius 1 is 1.32 bits per heavy atom. The molecule has 0 amide bonds. The van der Waals surface area contributed by atoms with Gasteiger partial charge in [0.15, 0.2) is 11.8 Å². The molecule has 0 aromatic carbocycles. The highest BCUT2D eigenvalue weighted by Crippen LogP contribution is 2.31. The van der Waals surface area contributed by atoms with Crippen LogP contribution in [0.1, 0.15) is 63.5 Å². The van der Waals surface area contributed by atoms with Gasteiger partial charge in [0.05, 0.1) is 12.1 Å². The highest BCUT2D eigenvalue weighted by molar-refractivity contribution is 5.80. The molecular weight excluding hydrogens is 356 g/mol. The van der Waals surface area contributed by atoms with Crippen LogP contribution in [0.4, 0.5) is 0 Å². The van der Waals surface area contributed by atoms with Crippen molar-refractivity contribution < 1.29 is 9.47 Å². The van der Waals surface area contributed by atoms with Crippen molar-refractivity contribution >= 4 is 5.96 Å². The van der Waals surface area contributed by atoms with Gasteiger partial charge in [-0.3, -0.25) is 4.99 Å². The molecule has 1 atom stereocenters. The van der Waals surface area contributed by atoms with Crippen LogP contribution in [0, 0.1) is 0 Å². The fourth-order valence-electron chi connectivity index (χ4n) is 4.19. The summed E-state index contributed by atoms with van der Waals surface area (Å²) in [6.07, 6.45) is 9.06. The van der Waals surface area contributed by atoms with Gasteiger partial charge in [-0.2, -0.15) is 5.10 Å². The van der Waals surface area contributed by atoms with Crippen molar-refractivity contribution in [1.29, 1.82) is 0 Å². The number of aromatic nitrogens is 3. The van der Waals surface area contributed by atoms with E-state index in [1.807, 2.05) is 11.7 Å². The van der Waals surface area contributed by atoms with Crippen molar-refractivity contribution in [3.8, 4) is 0 Å². The Labute approximate surface area is 168 Å². The fraction of sp³-hybridized carbons (Fsp3) is 0.850. The SMILES string of the molecule is CCCOC1(CNC(=NC)NC2CCc3nc(COC)nn3C2)CCCCC1. The number of rotatable bonds is 8. The van der Waals surface area contributed by atoms with Gasteiger partial charge in [0.1, 0.15) is 12.4 Å². The summed E-state index contributed by atoms with van der Waals surface area (Å²) in [4.78, 5) is 8.99. The predicted molar refractivity (Wildman–Crippen MR) is 109 cm³/mol. The molecule has 1 aliphatic carbocycles. The van der Waals surface area contributed by atoms with E-state index in [2.05, 4.69) is 32.6 Å². The minimum Gasteiger partial charge on any atom is -0.377 e. The second-order valence-electron chi connectivity index (χ2n) is 7.96. The number of ether oxygens (including phenoxy) is 2. The largest absolute Gasteiger partial charge is 0.377 e. The second kappa shape index (κ2) is 10.2. The number of aryl methyl sites for hydroxylation is 1. The monoisotopic (exact) mass is 392 g/mol. The normalized spacial score (nSPS) is 22.0. The first-order chi connectivity index (χ1) is 13.7. The lowest BCUT2D eigenvalue weighted by Crippen LogP contribution is -2.52. The van der Waals surface area contributed by atoms with Crippen LogP contribution in [-0.4, -0.2) is 59.7 Å². The standard InChI is InChI=1S/C20H36N6O2/c1-4-12-28-20(10-6-5-7-11-20)15-22-19(21-2)23-16-8-9-18-24-17(14-27-3)25-26(18)13-16/h16H,4-15H2,1-3H3,(H2,21,22,23). The minimum absolute atomic E-state index is 0.0490. The Kier molecular flexibility index (Phi) is 7.67. The summed E-state index contributed by atoms with van der Waals surface area (Å²) in [5, 5.41) is 11.6. The zero-order valence-corrected chi connectivity index (χ0v) is 17.7. The molecule has 1 aliphatic heterocycles. The van der Waals surface area contributed by atoms with Gasteiger partial charge in [-0.05, 0) is 25.7 Å². The maximum atomic E-state index is 6.30. The van der Waals surface area contributed by atoms with Gasteiger partial charge >= 0.3 is 0 Å². The van der Waals surface area contributed by atoms with E-state index in [0.29, 0.717) is 6.61 Å². The van der Waals surface area contributed by atoms with E-state index in [1.54, 1.807) is 7.11 Å². The first-order valence-corrected chi connectivity index (χ1v) is 10.7. The van der Waals surface area contributed by atoms with Gasteiger partial charge in [0, 0.05) is 39.8 Å². The summed E-state index contributed by atoms with van der Waals surface area (Å²) in [5.41, 5.74) is -0.0490. The zero-order chi connectivity index (χ0) is 19.8. The molecule has 158 valence electrons. The second-order valence-corrected chi connectivity index (χ2v) is 7.96. The number of nitrogens with one attached hydrogen (secondary N) is 2. The smallest absolute Gasteiger partial charge is 0.191 e. The molecule has 0 spiro atoms. The molecule has 1 aromatic rings. The highest BCUT2D eigenvalue weighted by atomic mass is 16.5. The Morgan fingerprint density at radius 3 is 2.86 bits per heavy atom. The van der Waals surface area contributed by atoms with Crippen LogP contribution in [0.5, 0.6) is 0 Å². The minimum atomic E-state index is -0.0490. The molecule has 8 nitrogen and oxygen atoms in total. The van der Waals surface area contributed by atoms with Gasteiger partial charge in [-0.15, -0.1) is 0 Å². The molecule has 1 saturated carbocycles. The lowest BCUT2D eigenvalue weighted by molar-refractivity contribution is -0.0657. The van der Waals surface area contributed by atoms with Crippen molar-refractivity contribution in [1.82, 2.24) is 25.4 Å². The molecule has 2 N–H and O–H groups in total. The van der Waals surface area contributed by atoms with E-state index < -0.39 is 0 Å². The fourth-order valence-corrected chi connectivity index (χ4v) is 4.19. The van der Waals surface area contributed by atoms with Crippen molar-refractivity contribution in [3.63, 3.8) is 0 Å². The average Bonchev–Trinajstić information content (AvgIpc) is 3.12. The third kappa shape index (κ3) is 5.44. The highest BCUT2D eigenvalue weighted by Gasteiger charge is 2.33. The molecular formula is C20H36N6O2. The number of nitrogens with zero attached hydrogens (tertiary/aromatic N) is 4. The van der Waals surface area contributed by atoms with Crippen LogP contribution in [0.3, 0.4) is 0 Å². The van der Waals surface area contributed by atoms with Gasteiger partial charge in [-0.25, -0.2) is 9.67 Å². The van der Waals surface area contributed by atoms with Gasteiger partial charge in [0.25, 0.3) is 0 Å². The van der Waals surface area contributed by atoms with Crippen molar-refractivity contribution in [2.24, 2.45) is 4.99 Å². The summed E-state index contributed by atoms with van der Waals surface area (Å²) >= 11 is 0. The van der Waals surface area contributed by atoms with E-state index in [9.17, 15) is 0 Å². The molecule has 0 bridgehead atoms. The van der Waals surface area contributed by atoms with Gasteiger partial charge in [-0.1, -0.05) is 26.2 Å². The first-order valence-electron chi connectivity index (χ1n) is 10.7. The molecule has 1 aromatic heterocycles. The van der Waals surface area contributed by atoms with Crippen LogP contribution in [0.15, 0.2) is 4.99 Å². The van der Waals surface area contributed by atoms with Gasteiger partial charge < -0.3 is 20.1 Å². The summed E-state index contributed by atoms with van der Waals surface area (Å²) in [6.45, 7) is 5.07. The van der Waals surface area contributed by atoms with Crippen molar-refractivity contribution in [2.45, 2.75) is 83.1 Å². The molecule has 1 unspecified atom stereocenters. The summed E-state index contributed by atoms with van der Waals surface area (Å²) in [7, 11) is 3.50. The molecule has 2 heterocycles. The van der Waals surface area contributed by atoms with Crippen LogP contribution in [-0.2, 0) is 29.0 Å². The number of hydrogen-bond donors (Lipinski definition) is 2. The van der Waals surface area contributed by atoms with Crippen LogP contribution >= 0.6 is 0 Å². The Hall–Kier alpha value is -1.67. The van der Waals surface area contributed by atoms with Crippen LogP contribution < -0.4 is 10.6 Å². The zero-order valence-electron chi connectivity index (χ0n) is 17.7. The molecule has 8 heteroatoms. The van der Waals surface area contributed by atoms with E-state index in [1.165, 1.54) is 19.3 Å². The van der Waals surface area contributed by atoms with Crippen LogP contribution in [0.25, 0.3) is 0 Å². The molecule has 1 fully saturated rings. The number of methoxy groups -OCH3 is 1. The third-order valence-electron chi connectivity index (χ3n) is 5.69. The summed E-state index contributed by atoms with van der Waals surface area (Å²) in [6, 6.07) is 0.287. The summed E-state index contributed by atoms with van der Waals surface area (Å²) in [5.74, 6) is 2.64. The molecule has 0 saturated heterocycles. The number of aliphatic imine (C=N–C) groups is 1. The lowest BCUT2D eigenvalue weighted by Gasteiger charge is -2.38. The quantitative estimate of drug-likeness (QED) is 0.520. The summed E-state index contributed by atoms with van der Waals surface area (Å²) < 4.78 is 13.4. The molecule has 2 aliphatic rings. The predicted octanol–water partition coefficient (Wildman–Crippen LogP) is 2.03. The Bertz CT molecular complexity index is 639. The van der Waals surface area contributed by atoms with Crippen molar-refractivity contribution in [2.75, 3.05) is 27.3 Å². The number of guanidine groups is 1. The van der Waals surface area contributed by atoms with E-state index >= 15 is 0 Å². The maximum Gasteiger partial charge on any atom is 0.191 e. The molecule has 28 heavy (non-hydrogen) atoms. The lowest BCUT2D eigenvalue weighted by atomic mass is 9.84. The van der Waals surface area contributed by atoms with Crippen LogP contribution in [0.2, 0.25) is 0 Å². The van der Waals surface area contributed by atoms with E-state index in [4.69, 9.17) is 9.47 Å². The van der Waals surface area contributed by atoms with Gasteiger partial charge in [0.2, 0.25) is 0 Å².